The first kappa shape index (κ1) is 9.77. The van der Waals surface area contributed by atoms with E-state index in [9.17, 15) is 0 Å². The van der Waals surface area contributed by atoms with E-state index in [1.54, 1.807) is 6.21 Å². The van der Waals surface area contributed by atoms with Crippen molar-refractivity contribution in [3.63, 3.8) is 0 Å². The number of oxazole rings is 1. The van der Waals surface area contributed by atoms with Crippen LogP contribution >= 0.6 is 0 Å². The molecule has 0 aromatic carbocycles. The number of nitrogens with zero attached hydrogens (tertiary/aromatic N) is 2. The monoisotopic (exact) mass is 182 g/mol. The largest absolute Gasteiger partial charge is 0.448 e. The number of hydrogen-bond acceptors (Lipinski definition) is 4. The second-order valence-corrected chi connectivity index (χ2v) is 3.73. The summed E-state index contributed by atoms with van der Waals surface area (Å²) in [6.45, 7) is 7.62. The highest BCUT2D eigenvalue weighted by Gasteiger charge is 2.09. The van der Waals surface area contributed by atoms with Gasteiger partial charge in [0.15, 0.2) is 6.39 Å². The van der Waals surface area contributed by atoms with Crippen LogP contribution in [0.15, 0.2) is 16.0 Å². The molecule has 0 unspecified atom stereocenters. The van der Waals surface area contributed by atoms with Gasteiger partial charge in [0.1, 0.15) is 17.1 Å². The average molecular weight is 182 g/mol. The van der Waals surface area contributed by atoms with Crippen molar-refractivity contribution >= 4 is 6.21 Å². The van der Waals surface area contributed by atoms with Gasteiger partial charge in [-0.15, -0.1) is 0 Å². The van der Waals surface area contributed by atoms with Gasteiger partial charge in [-0.3, -0.25) is 0 Å². The SMILES string of the molecule is Cc1ocnc1/C=N\OC(C)(C)C. The van der Waals surface area contributed by atoms with Crippen molar-refractivity contribution < 1.29 is 9.25 Å². The van der Waals surface area contributed by atoms with Crippen LogP contribution < -0.4 is 0 Å². The number of oxime groups is 1. The van der Waals surface area contributed by atoms with Crippen LogP contribution in [0.3, 0.4) is 0 Å². The summed E-state index contributed by atoms with van der Waals surface area (Å²) in [7, 11) is 0. The summed E-state index contributed by atoms with van der Waals surface area (Å²) in [6, 6.07) is 0. The Kier molecular flexibility index (Phi) is 2.70. The van der Waals surface area contributed by atoms with E-state index in [0.29, 0.717) is 5.69 Å². The van der Waals surface area contributed by atoms with E-state index in [2.05, 4.69) is 10.1 Å². The van der Waals surface area contributed by atoms with Gasteiger partial charge < -0.3 is 9.25 Å². The second kappa shape index (κ2) is 3.60. The quantitative estimate of drug-likeness (QED) is 0.520. The van der Waals surface area contributed by atoms with Crippen molar-refractivity contribution in [1.29, 1.82) is 0 Å². The molecule has 4 heteroatoms. The van der Waals surface area contributed by atoms with Gasteiger partial charge in [0.05, 0.1) is 6.21 Å². The molecule has 0 aliphatic heterocycles. The zero-order chi connectivity index (χ0) is 9.90. The van der Waals surface area contributed by atoms with Crippen molar-refractivity contribution in [1.82, 2.24) is 4.98 Å². The molecule has 1 aromatic heterocycles. The van der Waals surface area contributed by atoms with Crippen LogP contribution in [-0.4, -0.2) is 16.8 Å². The predicted molar refractivity (Wildman–Crippen MR) is 49.7 cm³/mol. The van der Waals surface area contributed by atoms with Crippen molar-refractivity contribution in [2.45, 2.75) is 33.3 Å². The second-order valence-electron chi connectivity index (χ2n) is 3.73. The van der Waals surface area contributed by atoms with E-state index in [1.165, 1.54) is 6.39 Å². The van der Waals surface area contributed by atoms with Gasteiger partial charge in [0, 0.05) is 0 Å². The van der Waals surface area contributed by atoms with Gasteiger partial charge in [-0.05, 0) is 27.7 Å². The Balaban J connectivity index is 2.55. The van der Waals surface area contributed by atoms with Gasteiger partial charge >= 0.3 is 0 Å². The molecule has 0 amide bonds. The number of aryl methyl sites for hydroxylation is 1. The fourth-order valence-corrected chi connectivity index (χ4v) is 0.672. The molecule has 1 rings (SSSR count). The Morgan fingerprint density at radius 2 is 2.23 bits per heavy atom. The first-order valence-electron chi connectivity index (χ1n) is 4.11. The molecule has 0 fully saturated rings. The lowest BCUT2D eigenvalue weighted by Crippen LogP contribution is -2.15. The van der Waals surface area contributed by atoms with Crippen LogP contribution in [0.2, 0.25) is 0 Å². The highest BCUT2D eigenvalue weighted by atomic mass is 16.6. The van der Waals surface area contributed by atoms with Crippen LogP contribution in [0, 0.1) is 6.92 Å². The third kappa shape index (κ3) is 3.27. The first-order chi connectivity index (χ1) is 5.99. The van der Waals surface area contributed by atoms with Crippen LogP contribution in [0.1, 0.15) is 32.2 Å². The Hall–Kier alpha value is -1.32. The molecule has 0 saturated carbocycles. The maximum atomic E-state index is 5.15. The molecular formula is C9H14N2O2. The third-order valence-electron chi connectivity index (χ3n) is 1.28. The first-order valence-corrected chi connectivity index (χ1v) is 4.11. The Morgan fingerprint density at radius 1 is 1.54 bits per heavy atom. The minimum absolute atomic E-state index is 0.270. The van der Waals surface area contributed by atoms with E-state index in [1.807, 2.05) is 27.7 Å². The summed E-state index contributed by atoms with van der Waals surface area (Å²) in [6.07, 6.45) is 2.93. The zero-order valence-corrected chi connectivity index (χ0v) is 8.37. The number of hydrogen-bond donors (Lipinski definition) is 0. The van der Waals surface area contributed by atoms with Gasteiger partial charge in [-0.2, -0.15) is 0 Å². The van der Waals surface area contributed by atoms with Crippen LogP contribution in [0.25, 0.3) is 0 Å². The molecule has 1 heterocycles. The zero-order valence-electron chi connectivity index (χ0n) is 8.37. The minimum Gasteiger partial charge on any atom is -0.448 e. The Morgan fingerprint density at radius 3 is 2.69 bits per heavy atom. The lowest BCUT2D eigenvalue weighted by Gasteiger charge is -2.14. The Bertz CT molecular complexity index is 297. The fraction of sp³-hybridized carbons (Fsp3) is 0.556. The molecule has 4 nitrogen and oxygen atoms in total. The molecule has 0 saturated heterocycles. The molecule has 0 atom stereocenters. The van der Waals surface area contributed by atoms with Gasteiger partial charge in [-0.1, -0.05) is 5.16 Å². The summed E-state index contributed by atoms with van der Waals surface area (Å²) < 4.78 is 4.99. The van der Waals surface area contributed by atoms with Gasteiger partial charge in [0.2, 0.25) is 0 Å². The van der Waals surface area contributed by atoms with E-state index < -0.39 is 0 Å². The number of aromatic nitrogens is 1. The minimum atomic E-state index is -0.270. The summed E-state index contributed by atoms with van der Waals surface area (Å²) in [5, 5.41) is 3.80. The van der Waals surface area contributed by atoms with Crippen molar-refractivity contribution in [2.24, 2.45) is 5.16 Å². The Labute approximate surface area is 77.6 Å². The fourth-order valence-electron chi connectivity index (χ4n) is 0.672. The maximum Gasteiger partial charge on any atom is 0.181 e. The van der Waals surface area contributed by atoms with Gasteiger partial charge in [-0.25, -0.2) is 4.98 Å². The maximum absolute atomic E-state index is 5.15. The lowest BCUT2D eigenvalue weighted by molar-refractivity contribution is 0.00195. The molecular weight excluding hydrogens is 168 g/mol. The molecule has 72 valence electrons. The van der Waals surface area contributed by atoms with E-state index >= 15 is 0 Å². The topological polar surface area (TPSA) is 47.6 Å². The number of rotatable bonds is 2. The molecule has 13 heavy (non-hydrogen) atoms. The van der Waals surface area contributed by atoms with Gasteiger partial charge in [0.25, 0.3) is 0 Å². The summed E-state index contributed by atoms with van der Waals surface area (Å²) >= 11 is 0. The molecule has 0 aliphatic rings. The molecule has 1 aromatic rings. The van der Waals surface area contributed by atoms with E-state index in [-0.39, 0.29) is 5.60 Å². The standard InChI is InChI=1S/C9H14N2O2/c1-7-8(10-6-12-7)5-11-13-9(2,3)4/h5-6H,1-4H3/b11-5-. The van der Waals surface area contributed by atoms with Crippen molar-refractivity contribution in [3.05, 3.63) is 17.8 Å². The highest BCUT2D eigenvalue weighted by Crippen LogP contribution is 2.07. The van der Waals surface area contributed by atoms with E-state index in [4.69, 9.17) is 9.25 Å². The van der Waals surface area contributed by atoms with Crippen molar-refractivity contribution in [2.75, 3.05) is 0 Å². The molecule has 0 radical (unpaired) electrons. The third-order valence-corrected chi connectivity index (χ3v) is 1.28. The molecule has 0 N–H and O–H groups in total. The smallest absolute Gasteiger partial charge is 0.181 e. The summed E-state index contributed by atoms with van der Waals surface area (Å²) in [5.41, 5.74) is 0.429. The van der Waals surface area contributed by atoms with Crippen molar-refractivity contribution in [3.8, 4) is 0 Å². The highest BCUT2D eigenvalue weighted by molar-refractivity contribution is 5.77. The predicted octanol–water partition coefficient (Wildman–Crippen LogP) is 2.13. The molecule has 0 bridgehead atoms. The average Bonchev–Trinajstić information content (AvgIpc) is 2.34. The van der Waals surface area contributed by atoms with E-state index in [0.717, 1.165) is 5.76 Å². The van der Waals surface area contributed by atoms with Crippen LogP contribution in [0.5, 0.6) is 0 Å². The summed E-state index contributed by atoms with van der Waals surface area (Å²) in [4.78, 5) is 9.08. The lowest BCUT2D eigenvalue weighted by atomic mass is 10.2. The van der Waals surface area contributed by atoms with Crippen LogP contribution in [-0.2, 0) is 4.84 Å². The summed E-state index contributed by atoms with van der Waals surface area (Å²) in [5.74, 6) is 0.737. The van der Waals surface area contributed by atoms with Crippen LogP contribution in [0.4, 0.5) is 0 Å². The molecule has 0 spiro atoms. The normalized spacial score (nSPS) is 12.3. The molecule has 0 aliphatic carbocycles.